The number of amides is 2. The van der Waals surface area contributed by atoms with Gasteiger partial charge in [0.05, 0.1) is 11.3 Å². The predicted octanol–water partition coefficient (Wildman–Crippen LogP) is 7.63. The van der Waals surface area contributed by atoms with Gasteiger partial charge in [-0.05, 0) is 68.3 Å². The quantitative estimate of drug-likeness (QED) is 0.231. The Morgan fingerprint density at radius 1 is 0.757 bits per heavy atom. The van der Waals surface area contributed by atoms with Gasteiger partial charge >= 0.3 is 18.0 Å². The molecule has 2 amide bonds. The van der Waals surface area contributed by atoms with Crippen LogP contribution in [0.4, 0.5) is 40.8 Å². The molecule has 0 aliphatic rings. The molecule has 0 spiro atoms. The predicted molar refractivity (Wildman–Crippen MR) is 124 cm³/mol. The number of anilines is 1. The van der Waals surface area contributed by atoms with Gasteiger partial charge in [0.2, 0.25) is 0 Å². The van der Waals surface area contributed by atoms with E-state index in [1.54, 1.807) is 6.07 Å². The number of nitrogens with zero attached hydrogens (tertiary/aromatic N) is 1. The van der Waals surface area contributed by atoms with Crippen LogP contribution in [-0.2, 0) is 5.67 Å². The normalized spacial score (nSPS) is 12.3. The minimum atomic E-state index is -6.39. The summed E-state index contributed by atoms with van der Waals surface area (Å²) in [4.78, 5) is 26.0. The van der Waals surface area contributed by atoms with Gasteiger partial charge in [0.25, 0.3) is 11.8 Å². The molecule has 0 aliphatic heterocycles. The van der Waals surface area contributed by atoms with E-state index in [2.05, 4.69) is 37.3 Å². The molecule has 0 saturated carbocycles. The summed E-state index contributed by atoms with van der Waals surface area (Å²) in [7, 11) is 0. The van der Waals surface area contributed by atoms with E-state index < -0.39 is 61.4 Å². The van der Waals surface area contributed by atoms with Crippen LogP contribution in [0.1, 0.15) is 26.3 Å². The molecule has 1 N–H and O–H groups in total. The molecule has 3 aromatic rings. The zero-order valence-electron chi connectivity index (χ0n) is 17.9. The lowest BCUT2D eigenvalue weighted by Crippen LogP contribution is -2.50. The maximum Gasteiger partial charge on any atom is 0.435 e. The van der Waals surface area contributed by atoms with Gasteiger partial charge in [-0.25, -0.2) is 13.8 Å². The Balaban J connectivity index is 2.20. The van der Waals surface area contributed by atoms with E-state index in [0.717, 1.165) is 12.1 Å². The number of halogens is 10. The lowest BCUT2D eigenvalue weighted by atomic mass is 9.94. The van der Waals surface area contributed by atoms with Crippen molar-refractivity contribution in [2.45, 2.75) is 18.0 Å². The van der Waals surface area contributed by atoms with Gasteiger partial charge in [0, 0.05) is 20.1 Å². The van der Waals surface area contributed by atoms with Gasteiger partial charge in [-0.3, -0.25) is 15.0 Å². The van der Waals surface area contributed by atoms with Crippen LogP contribution in [0.5, 0.6) is 0 Å². The van der Waals surface area contributed by atoms with Gasteiger partial charge in [-0.2, -0.15) is 26.3 Å². The second-order valence-corrected chi connectivity index (χ2v) is 9.08. The van der Waals surface area contributed by atoms with Gasteiger partial charge in [0.1, 0.15) is 5.82 Å². The van der Waals surface area contributed by atoms with Crippen LogP contribution in [0.25, 0.3) is 0 Å². The van der Waals surface area contributed by atoms with Crippen LogP contribution in [0.2, 0.25) is 0 Å². The summed E-state index contributed by atoms with van der Waals surface area (Å²) in [5.74, 6) is -3.21. The van der Waals surface area contributed by atoms with E-state index in [1.807, 2.05) is 0 Å². The molecule has 0 aliphatic carbocycles. The van der Waals surface area contributed by atoms with Gasteiger partial charge < -0.3 is 0 Å². The first-order valence-electron chi connectivity index (χ1n) is 9.86. The number of hydrazine groups is 1. The molecule has 37 heavy (non-hydrogen) atoms. The van der Waals surface area contributed by atoms with Crippen molar-refractivity contribution in [2.24, 2.45) is 0 Å². The Kier molecular flexibility index (Phi) is 8.03. The maximum absolute atomic E-state index is 14.6. The van der Waals surface area contributed by atoms with Crippen molar-refractivity contribution < 1.29 is 44.7 Å². The average Bonchev–Trinajstić information content (AvgIpc) is 2.81. The summed E-state index contributed by atoms with van der Waals surface area (Å²) < 4.78 is 107. The van der Waals surface area contributed by atoms with E-state index in [1.165, 1.54) is 36.4 Å². The van der Waals surface area contributed by atoms with E-state index in [-0.39, 0.29) is 17.7 Å². The number of nitrogens with one attached hydrogen (secondary N) is 1. The fourth-order valence-electron chi connectivity index (χ4n) is 3.19. The van der Waals surface area contributed by atoms with Crippen molar-refractivity contribution >= 4 is 49.4 Å². The molecule has 3 rings (SSSR count). The number of carbonyl (C=O) groups excluding carboxylic acids is 2. The lowest BCUT2D eigenvalue weighted by molar-refractivity contribution is -0.348. The van der Waals surface area contributed by atoms with Crippen molar-refractivity contribution in [2.75, 3.05) is 5.01 Å². The van der Waals surface area contributed by atoms with E-state index in [0.29, 0.717) is 5.01 Å². The van der Waals surface area contributed by atoms with Crippen molar-refractivity contribution in [3.63, 3.8) is 0 Å². The number of hydrogen-bond acceptors (Lipinski definition) is 2. The Morgan fingerprint density at radius 3 is 1.73 bits per heavy atom. The summed E-state index contributed by atoms with van der Waals surface area (Å²) in [5.41, 5.74) is -6.59. The topological polar surface area (TPSA) is 49.4 Å². The Bertz CT molecular complexity index is 1290. The van der Waals surface area contributed by atoms with Crippen molar-refractivity contribution in [3.05, 3.63) is 98.2 Å². The molecule has 0 heterocycles. The fraction of sp³-hybridized carbons (Fsp3) is 0.130. The summed E-state index contributed by atoms with van der Waals surface area (Å²) in [5, 5.41) is 0.410. The first-order chi connectivity index (χ1) is 17.1. The van der Waals surface area contributed by atoms with Crippen LogP contribution < -0.4 is 10.4 Å². The highest BCUT2D eigenvalue weighted by Gasteiger charge is 2.73. The van der Waals surface area contributed by atoms with Crippen molar-refractivity contribution in [3.8, 4) is 0 Å². The highest BCUT2D eigenvalue weighted by atomic mass is 79.9. The zero-order chi connectivity index (χ0) is 27.8. The Morgan fingerprint density at radius 2 is 1.24 bits per heavy atom. The van der Waals surface area contributed by atoms with Crippen molar-refractivity contribution in [1.82, 2.24) is 5.43 Å². The molecular formula is C23H12Br2F8N2O2. The lowest BCUT2D eigenvalue weighted by Gasteiger charge is -2.32. The molecule has 14 heteroatoms. The number of benzene rings is 3. The zero-order valence-corrected chi connectivity index (χ0v) is 21.1. The summed E-state index contributed by atoms with van der Waals surface area (Å²) >= 11 is 5.52. The van der Waals surface area contributed by atoms with E-state index in [4.69, 9.17) is 0 Å². The molecular weight excluding hydrogens is 648 g/mol. The average molecular weight is 660 g/mol. The highest BCUT2D eigenvalue weighted by molar-refractivity contribution is 9.11. The van der Waals surface area contributed by atoms with Crippen LogP contribution >= 0.6 is 31.9 Å². The van der Waals surface area contributed by atoms with Crippen LogP contribution in [0.15, 0.2) is 75.7 Å². The molecule has 196 valence electrons. The number of hydrogen-bond donors (Lipinski definition) is 1. The van der Waals surface area contributed by atoms with Crippen LogP contribution in [0.3, 0.4) is 0 Å². The molecule has 0 atom stereocenters. The summed E-state index contributed by atoms with van der Waals surface area (Å²) in [6, 6.07) is 12.1. The van der Waals surface area contributed by atoms with E-state index >= 15 is 0 Å². The van der Waals surface area contributed by atoms with Crippen LogP contribution in [-0.4, -0.2) is 24.2 Å². The number of rotatable bonds is 4. The summed E-state index contributed by atoms with van der Waals surface area (Å²) in [6.07, 6.45) is -12.8. The molecule has 0 unspecified atom stereocenters. The molecule has 0 aromatic heterocycles. The molecule has 3 aromatic carbocycles. The van der Waals surface area contributed by atoms with E-state index in [9.17, 15) is 44.7 Å². The second-order valence-electron chi connectivity index (χ2n) is 7.37. The SMILES string of the molecule is O=C(NN(C(=O)c1ccccc1F)c1c(Br)cc(C(F)(C(F)(F)F)C(F)(F)F)cc1Br)c1ccccc1. The van der Waals surface area contributed by atoms with Crippen molar-refractivity contribution in [1.29, 1.82) is 0 Å². The Hall–Kier alpha value is -3.00. The third-order valence-electron chi connectivity index (χ3n) is 4.98. The minimum Gasteiger partial charge on any atom is -0.267 e. The standard InChI is InChI=1S/C23H12Br2F8N2O2/c24-15-10-13(21(27,22(28,29)30)23(31,32)33)11-16(25)18(15)35(20(37)14-8-4-5-9-17(14)26)34-19(36)12-6-2-1-3-7-12/h1-11H,(H,34,36). The third-order valence-corrected chi connectivity index (χ3v) is 6.19. The fourth-order valence-corrected chi connectivity index (χ4v) is 4.73. The smallest absolute Gasteiger partial charge is 0.267 e. The Labute approximate surface area is 220 Å². The first kappa shape index (κ1) is 28.6. The second kappa shape index (κ2) is 10.4. The van der Waals surface area contributed by atoms with Crippen LogP contribution in [0, 0.1) is 5.82 Å². The highest BCUT2D eigenvalue weighted by Crippen LogP contribution is 2.54. The maximum atomic E-state index is 14.6. The molecule has 0 radical (unpaired) electrons. The molecule has 0 fully saturated rings. The molecule has 0 saturated heterocycles. The molecule has 4 nitrogen and oxygen atoms in total. The largest absolute Gasteiger partial charge is 0.435 e. The number of alkyl halides is 7. The third kappa shape index (κ3) is 5.49. The van der Waals surface area contributed by atoms with Gasteiger partial charge in [-0.15, -0.1) is 0 Å². The van der Waals surface area contributed by atoms with Gasteiger partial charge in [-0.1, -0.05) is 30.3 Å². The molecule has 0 bridgehead atoms. The van der Waals surface area contributed by atoms with Gasteiger partial charge in [0.15, 0.2) is 0 Å². The summed E-state index contributed by atoms with van der Waals surface area (Å²) in [6.45, 7) is 0. The minimum absolute atomic E-state index is 0.00890. The monoisotopic (exact) mass is 658 g/mol. The first-order valence-corrected chi connectivity index (χ1v) is 11.4. The number of carbonyl (C=O) groups is 2.